The Bertz CT molecular complexity index is 1420. The van der Waals surface area contributed by atoms with Gasteiger partial charge in [0.1, 0.15) is 15.6 Å². The van der Waals surface area contributed by atoms with E-state index in [9.17, 15) is 40.3 Å². The van der Waals surface area contributed by atoms with Crippen molar-refractivity contribution < 1.29 is 45.0 Å². The van der Waals surface area contributed by atoms with Crippen molar-refractivity contribution in [3.63, 3.8) is 0 Å². The van der Waals surface area contributed by atoms with E-state index in [0.717, 1.165) is 26.2 Å². The molecule has 1 aromatic heterocycles. The number of alkyl halides is 5. The van der Waals surface area contributed by atoms with E-state index in [-0.39, 0.29) is 76.9 Å². The fraction of sp³-hybridized carbons (Fsp3) is 0.615. The number of benzene rings is 1. The van der Waals surface area contributed by atoms with Gasteiger partial charge in [-0.05, 0) is 50.3 Å². The third kappa shape index (κ3) is 8.38. The minimum atomic E-state index is -4.55. The highest BCUT2D eigenvalue weighted by atomic mass is 79.9. The zero-order valence-electron chi connectivity index (χ0n) is 23.8. The second-order valence-electron chi connectivity index (χ2n) is 11.2. The SMILES string of the molecule is Br.CCn1nc(C(=O)NCC2(O)CCC(S(C)(=O)=O)CC2N)c(Cl)c1-c1ccc(CC(C)(C)C(F)(F)F)cc1OC(F)F. The highest BCUT2D eigenvalue weighted by Gasteiger charge is 2.47. The van der Waals surface area contributed by atoms with E-state index in [0.29, 0.717) is 0 Å². The Kier molecular flexibility index (Phi) is 11.7. The monoisotopic (exact) mass is 724 g/mol. The van der Waals surface area contributed by atoms with Gasteiger partial charge >= 0.3 is 12.8 Å². The van der Waals surface area contributed by atoms with Crippen molar-refractivity contribution in [2.24, 2.45) is 11.1 Å². The molecule has 43 heavy (non-hydrogen) atoms. The molecule has 1 amide bonds. The Balaban J connectivity index is 0.00000645. The maximum absolute atomic E-state index is 13.4. The molecule has 0 saturated heterocycles. The van der Waals surface area contributed by atoms with Crippen molar-refractivity contribution in [1.82, 2.24) is 15.1 Å². The number of aliphatic hydroxyl groups is 1. The van der Waals surface area contributed by atoms with Gasteiger partial charge in [0.25, 0.3) is 5.91 Å². The lowest BCUT2D eigenvalue weighted by Gasteiger charge is -2.40. The number of carbonyl (C=O) groups excluding carboxylic acids is 1. The highest BCUT2D eigenvalue weighted by Crippen LogP contribution is 2.43. The quantitative estimate of drug-likeness (QED) is 0.296. The standard InChI is InChI=1S/C26H34ClF5N4O5S.BrH/c1-5-36-21(16-7-6-14(10-17(16)41-23(28)29)12-24(2,3)26(30,31)32)19(27)20(35-36)22(37)34-13-25(38)9-8-15(11-18(25)33)42(4,39)40;/h6-7,10,15,18,23,38H,5,8-9,11-13,33H2,1-4H3,(H,34,37);1H. The first kappa shape index (κ1) is 37.2. The lowest BCUT2D eigenvalue weighted by Crippen LogP contribution is -2.59. The number of carbonyl (C=O) groups is 1. The van der Waals surface area contributed by atoms with Gasteiger partial charge in [0, 0.05) is 31.0 Å². The topological polar surface area (TPSA) is 137 Å². The van der Waals surface area contributed by atoms with Crippen LogP contribution in [0, 0.1) is 5.41 Å². The number of aryl methyl sites for hydroxylation is 1. The number of halogens is 7. The van der Waals surface area contributed by atoms with E-state index in [2.05, 4.69) is 15.2 Å². The summed E-state index contributed by atoms with van der Waals surface area (Å²) in [4.78, 5) is 13.1. The van der Waals surface area contributed by atoms with E-state index in [1.165, 1.54) is 16.8 Å². The molecular formula is C26H35BrClF5N4O5S. The fourth-order valence-electron chi connectivity index (χ4n) is 4.89. The molecule has 0 bridgehead atoms. The van der Waals surface area contributed by atoms with Gasteiger partial charge in [-0.2, -0.15) is 27.1 Å². The summed E-state index contributed by atoms with van der Waals surface area (Å²) in [7, 11) is -3.37. The Morgan fingerprint density at radius 2 is 1.95 bits per heavy atom. The molecule has 1 saturated carbocycles. The van der Waals surface area contributed by atoms with E-state index in [1.54, 1.807) is 6.92 Å². The van der Waals surface area contributed by atoms with Crippen molar-refractivity contribution in [3.8, 4) is 17.0 Å². The third-order valence-electron chi connectivity index (χ3n) is 7.61. The van der Waals surface area contributed by atoms with Crippen molar-refractivity contribution in [1.29, 1.82) is 0 Å². The van der Waals surface area contributed by atoms with Gasteiger partial charge in [0.05, 0.1) is 27.0 Å². The molecule has 244 valence electrons. The summed E-state index contributed by atoms with van der Waals surface area (Å²) in [5, 5.41) is 16.7. The number of aromatic nitrogens is 2. The molecule has 1 aliphatic carbocycles. The molecule has 3 rings (SSSR count). The number of ether oxygens (including phenoxy) is 1. The van der Waals surface area contributed by atoms with Crippen molar-refractivity contribution in [2.45, 2.75) is 82.7 Å². The maximum atomic E-state index is 13.4. The first-order valence-corrected chi connectivity index (χ1v) is 15.4. The van der Waals surface area contributed by atoms with Crippen LogP contribution in [0.15, 0.2) is 18.2 Å². The highest BCUT2D eigenvalue weighted by molar-refractivity contribution is 8.93. The van der Waals surface area contributed by atoms with E-state index >= 15 is 0 Å². The van der Waals surface area contributed by atoms with Gasteiger partial charge in [0.15, 0.2) is 5.69 Å². The lowest BCUT2D eigenvalue weighted by molar-refractivity contribution is -0.211. The lowest BCUT2D eigenvalue weighted by atomic mass is 9.80. The molecule has 1 aliphatic rings. The first-order chi connectivity index (χ1) is 19.2. The maximum Gasteiger partial charge on any atom is 0.394 e. The minimum Gasteiger partial charge on any atom is -0.434 e. The number of sulfone groups is 1. The van der Waals surface area contributed by atoms with Crippen molar-refractivity contribution in [2.75, 3.05) is 12.8 Å². The van der Waals surface area contributed by atoms with Gasteiger partial charge < -0.3 is 20.9 Å². The van der Waals surface area contributed by atoms with Crippen LogP contribution in [0.3, 0.4) is 0 Å². The Morgan fingerprint density at radius 1 is 1.33 bits per heavy atom. The Hall–Kier alpha value is -2.01. The van der Waals surface area contributed by atoms with Gasteiger partial charge in [-0.3, -0.25) is 9.48 Å². The number of nitrogens with one attached hydrogen (secondary N) is 1. The van der Waals surface area contributed by atoms with Gasteiger partial charge in [-0.1, -0.05) is 31.5 Å². The van der Waals surface area contributed by atoms with Crippen LogP contribution in [0.2, 0.25) is 5.02 Å². The zero-order valence-corrected chi connectivity index (χ0v) is 27.1. The zero-order chi connectivity index (χ0) is 31.8. The minimum absolute atomic E-state index is 0. The number of nitrogens with zero attached hydrogens (tertiary/aromatic N) is 2. The number of nitrogens with two attached hydrogens (primary N) is 1. The van der Waals surface area contributed by atoms with Crippen LogP contribution in [0.25, 0.3) is 11.3 Å². The normalized spacial score (nSPS) is 21.4. The number of amides is 1. The van der Waals surface area contributed by atoms with Crippen LogP contribution < -0.4 is 15.8 Å². The summed E-state index contributed by atoms with van der Waals surface area (Å²) in [5.41, 5.74) is 2.09. The molecular weight excluding hydrogens is 691 g/mol. The predicted octanol–water partition coefficient (Wildman–Crippen LogP) is 4.92. The van der Waals surface area contributed by atoms with E-state index in [1.807, 2.05) is 0 Å². The Labute approximate surface area is 262 Å². The van der Waals surface area contributed by atoms with Gasteiger partial charge in [0.2, 0.25) is 0 Å². The van der Waals surface area contributed by atoms with Crippen LogP contribution in [0.4, 0.5) is 22.0 Å². The average molecular weight is 726 g/mol. The molecule has 1 heterocycles. The largest absolute Gasteiger partial charge is 0.434 e. The smallest absolute Gasteiger partial charge is 0.394 e. The molecule has 4 N–H and O–H groups in total. The summed E-state index contributed by atoms with van der Waals surface area (Å²) < 4.78 is 96.6. The molecule has 1 fully saturated rings. The third-order valence-corrected chi connectivity index (χ3v) is 9.60. The summed E-state index contributed by atoms with van der Waals surface area (Å²) in [5.74, 6) is -1.27. The molecule has 1 aromatic carbocycles. The fourth-order valence-corrected chi connectivity index (χ4v) is 6.32. The number of rotatable bonds is 10. The molecule has 3 atom stereocenters. The summed E-state index contributed by atoms with van der Waals surface area (Å²) in [6.45, 7) is 0.104. The van der Waals surface area contributed by atoms with Gasteiger partial charge in [-0.15, -0.1) is 17.0 Å². The van der Waals surface area contributed by atoms with Crippen LogP contribution in [0.5, 0.6) is 5.75 Å². The molecule has 0 radical (unpaired) electrons. The van der Waals surface area contributed by atoms with Crippen LogP contribution in [-0.4, -0.2) is 71.7 Å². The van der Waals surface area contributed by atoms with Crippen LogP contribution in [0.1, 0.15) is 56.1 Å². The predicted molar refractivity (Wildman–Crippen MR) is 157 cm³/mol. The average Bonchev–Trinajstić information content (AvgIpc) is 3.18. The summed E-state index contributed by atoms with van der Waals surface area (Å²) in [6.07, 6.45) is -3.80. The molecule has 0 aliphatic heterocycles. The van der Waals surface area contributed by atoms with E-state index in [4.69, 9.17) is 17.3 Å². The Morgan fingerprint density at radius 3 is 2.47 bits per heavy atom. The number of hydrogen-bond donors (Lipinski definition) is 3. The number of hydrogen-bond acceptors (Lipinski definition) is 7. The van der Waals surface area contributed by atoms with Crippen molar-refractivity contribution in [3.05, 3.63) is 34.5 Å². The second-order valence-corrected chi connectivity index (χ2v) is 13.9. The van der Waals surface area contributed by atoms with E-state index < -0.39 is 63.0 Å². The van der Waals surface area contributed by atoms with Crippen LogP contribution >= 0.6 is 28.6 Å². The summed E-state index contributed by atoms with van der Waals surface area (Å²) >= 11 is 6.52. The molecule has 0 spiro atoms. The molecule has 2 aromatic rings. The van der Waals surface area contributed by atoms with Crippen LogP contribution in [-0.2, 0) is 22.8 Å². The molecule has 17 heteroatoms. The van der Waals surface area contributed by atoms with Crippen molar-refractivity contribution >= 4 is 44.3 Å². The summed E-state index contributed by atoms with van der Waals surface area (Å²) in [6, 6.07) is 2.73. The molecule has 3 unspecified atom stereocenters. The molecule has 9 nitrogen and oxygen atoms in total. The second kappa shape index (κ2) is 13.5. The van der Waals surface area contributed by atoms with Gasteiger partial charge in [-0.25, -0.2) is 8.42 Å². The first-order valence-electron chi connectivity index (χ1n) is 13.1.